The van der Waals surface area contributed by atoms with Crippen molar-refractivity contribution in [3.8, 4) is 0 Å². The van der Waals surface area contributed by atoms with Gasteiger partial charge in [-0.3, -0.25) is 4.79 Å². The fourth-order valence-corrected chi connectivity index (χ4v) is 3.44. The predicted molar refractivity (Wildman–Crippen MR) is 101 cm³/mol. The summed E-state index contributed by atoms with van der Waals surface area (Å²) in [6.45, 7) is 9.80. The van der Waals surface area contributed by atoms with Gasteiger partial charge in [0, 0.05) is 12.1 Å². The second-order valence-electron chi connectivity index (χ2n) is 6.95. The van der Waals surface area contributed by atoms with Crippen LogP contribution in [0.15, 0.2) is 41.8 Å². The Hall–Kier alpha value is -1.65. The molecule has 0 unspecified atom stereocenters. The summed E-state index contributed by atoms with van der Waals surface area (Å²) in [5.74, 6) is 1.11. The van der Waals surface area contributed by atoms with Crippen molar-refractivity contribution in [2.45, 2.75) is 39.7 Å². The molecule has 4 heteroatoms. The Morgan fingerprint density at radius 2 is 1.75 bits per heavy atom. The zero-order valence-corrected chi connectivity index (χ0v) is 15.9. The average molecular weight is 346 g/mol. The lowest BCUT2D eigenvalue weighted by Crippen LogP contribution is -2.87. The number of amides is 1. The normalized spacial score (nSPS) is 12.6. The molecule has 130 valence electrons. The summed E-state index contributed by atoms with van der Waals surface area (Å²) >= 11 is 1.74. The first-order valence-electron chi connectivity index (χ1n) is 8.70. The molecule has 0 aliphatic heterocycles. The maximum Gasteiger partial charge on any atom is 0.275 e. The van der Waals surface area contributed by atoms with Gasteiger partial charge in [-0.2, -0.15) is 0 Å². The van der Waals surface area contributed by atoms with Gasteiger partial charge in [-0.1, -0.05) is 58.0 Å². The van der Waals surface area contributed by atoms with E-state index in [2.05, 4.69) is 80.1 Å². The van der Waals surface area contributed by atoms with Gasteiger partial charge in [0.15, 0.2) is 6.54 Å². The van der Waals surface area contributed by atoms with Crippen LogP contribution in [0.25, 0.3) is 0 Å². The van der Waals surface area contributed by atoms with Crippen LogP contribution in [0, 0.1) is 5.92 Å². The molecule has 1 aromatic carbocycles. The molecule has 0 aliphatic carbocycles. The van der Waals surface area contributed by atoms with Crippen LogP contribution in [0.1, 0.15) is 55.7 Å². The summed E-state index contributed by atoms with van der Waals surface area (Å²) in [6, 6.07) is 13.2. The van der Waals surface area contributed by atoms with E-state index in [0.717, 1.165) is 6.54 Å². The van der Waals surface area contributed by atoms with E-state index in [0.29, 0.717) is 18.4 Å². The van der Waals surface area contributed by atoms with Crippen LogP contribution in [0.2, 0.25) is 0 Å². The highest BCUT2D eigenvalue weighted by atomic mass is 32.1. The van der Waals surface area contributed by atoms with Crippen LogP contribution < -0.4 is 10.6 Å². The largest absolute Gasteiger partial charge is 0.351 e. The van der Waals surface area contributed by atoms with Gasteiger partial charge >= 0.3 is 0 Å². The smallest absolute Gasteiger partial charge is 0.275 e. The Labute approximate surface area is 149 Å². The second kappa shape index (κ2) is 9.00. The third-order valence-corrected chi connectivity index (χ3v) is 5.01. The van der Waals surface area contributed by atoms with Crippen molar-refractivity contribution >= 4 is 17.2 Å². The number of benzene rings is 1. The van der Waals surface area contributed by atoms with Crippen LogP contribution in [0.5, 0.6) is 0 Å². The molecule has 3 N–H and O–H groups in total. The van der Waals surface area contributed by atoms with E-state index < -0.39 is 0 Å². The molecule has 3 nitrogen and oxygen atoms in total. The summed E-state index contributed by atoms with van der Waals surface area (Å²) in [7, 11) is 0. The topological polar surface area (TPSA) is 45.7 Å². The molecule has 1 atom stereocenters. The monoisotopic (exact) mass is 345 g/mol. The molecular formula is C20H29N2OS+. The van der Waals surface area contributed by atoms with Gasteiger partial charge in [0.05, 0.1) is 4.88 Å². The fourth-order valence-electron chi connectivity index (χ4n) is 2.59. The Balaban J connectivity index is 2.07. The van der Waals surface area contributed by atoms with Gasteiger partial charge in [-0.15, -0.1) is 11.3 Å². The summed E-state index contributed by atoms with van der Waals surface area (Å²) in [4.78, 5) is 13.3. The zero-order valence-electron chi connectivity index (χ0n) is 15.1. The molecule has 0 bridgehead atoms. The highest BCUT2D eigenvalue weighted by Gasteiger charge is 2.20. The molecule has 2 aromatic rings. The van der Waals surface area contributed by atoms with Crippen LogP contribution in [-0.4, -0.2) is 19.0 Å². The first-order valence-corrected chi connectivity index (χ1v) is 9.58. The number of carbonyl (C=O) groups is 1. The number of hydrogen-bond acceptors (Lipinski definition) is 2. The van der Waals surface area contributed by atoms with Crippen molar-refractivity contribution < 1.29 is 10.1 Å². The number of quaternary nitrogens is 1. The van der Waals surface area contributed by atoms with Crippen molar-refractivity contribution in [1.29, 1.82) is 0 Å². The lowest BCUT2D eigenvalue weighted by molar-refractivity contribution is -0.676. The summed E-state index contributed by atoms with van der Waals surface area (Å²) in [5, 5.41) is 7.22. The van der Waals surface area contributed by atoms with E-state index in [9.17, 15) is 4.79 Å². The van der Waals surface area contributed by atoms with Crippen LogP contribution in [0.3, 0.4) is 0 Å². The molecule has 1 aromatic heterocycles. The molecule has 0 saturated heterocycles. The lowest BCUT2D eigenvalue weighted by Gasteiger charge is -2.16. The molecule has 0 fully saturated rings. The van der Waals surface area contributed by atoms with Gasteiger partial charge in [0.2, 0.25) is 0 Å². The summed E-state index contributed by atoms with van der Waals surface area (Å²) in [6.07, 6.45) is 0. The molecule has 1 heterocycles. The summed E-state index contributed by atoms with van der Waals surface area (Å²) < 4.78 is 0. The first kappa shape index (κ1) is 18.7. The minimum absolute atomic E-state index is 0.101. The van der Waals surface area contributed by atoms with E-state index >= 15 is 0 Å². The Morgan fingerprint density at radius 3 is 2.29 bits per heavy atom. The Kier molecular flexibility index (Phi) is 7.00. The highest BCUT2D eigenvalue weighted by Crippen LogP contribution is 2.24. The van der Waals surface area contributed by atoms with Crippen molar-refractivity contribution in [3.63, 3.8) is 0 Å². The van der Waals surface area contributed by atoms with Crippen molar-refractivity contribution in [3.05, 3.63) is 57.8 Å². The van der Waals surface area contributed by atoms with Gasteiger partial charge in [-0.05, 0) is 28.8 Å². The maximum atomic E-state index is 12.1. The molecule has 2 rings (SSSR count). The molecule has 0 spiro atoms. The van der Waals surface area contributed by atoms with Gasteiger partial charge in [0.25, 0.3) is 5.91 Å². The predicted octanol–water partition coefficient (Wildman–Crippen LogP) is 3.30. The minimum Gasteiger partial charge on any atom is -0.351 e. The SMILES string of the molecule is CC(C)CNC(=O)C[NH2+][C@H](c1ccc(C(C)C)cc1)c1cccs1. The van der Waals surface area contributed by atoms with E-state index in [4.69, 9.17) is 0 Å². The molecule has 0 saturated carbocycles. The molecule has 24 heavy (non-hydrogen) atoms. The van der Waals surface area contributed by atoms with Crippen LogP contribution in [0.4, 0.5) is 0 Å². The lowest BCUT2D eigenvalue weighted by atomic mass is 9.98. The van der Waals surface area contributed by atoms with Crippen molar-refractivity contribution in [1.82, 2.24) is 5.32 Å². The first-order chi connectivity index (χ1) is 11.5. The van der Waals surface area contributed by atoms with Gasteiger partial charge < -0.3 is 10.6 Å². The summed E-state index contributed by atoms with van der Waals surface area (Å²) in [5.41, 5.74) is 2.59. The molecule has 0 aliphatic rings. The van der Waals surface area contributed by atoms with Crippen LogP contribution >= 0.6 is 11.3 Å². The van der Waals surface area contributed by atoms with Gasteiger partial charge in [0.1, 0.15) is 6.04 Å². The number of hydrogen-bond donors (Lipinski definition) is 2. The van der Waals surface area contributed by atoms with E-state index in [-0.39, 0.29) is 11.9 Å². The Bertz CT molecular complexity index is 618. The maximum absolute atomic E-state index is 12.1. The molecular weight excluding hydrogens is 316 g/mol. The standard InChI is InChI=1S/C20H28N2OS/c1-14(2)12-21-19(23)13-22-20(18-6-5-11-24-18)17-9-7-16(8-10-17)15(3)4/h5-11,14-15,20,22H,12-13H2,1-4H3,(H,21,23)/p+1/t20-/m1/s1. The number of rotatable bonds is 8. The average Bonchev–Trinajstić information content (AvgIpc) is 3.08. The quantitative estimate of drug-likeness (QED) is 0.758. The van der Waals surface area contributed by atoms with Gasteiger partial charge in [-0.25, -0.2) is 0 Å². The number of nitrogens with one attached hydrogen (secondary N) is 1. The van der Waals surface area contributed by atoms with Crippen LogP contribution in [-0.2, 0) is 4.79 Å². The minimum atomic E-state index is 0.101. The molecule has 0 radical (unpaired) electrons. The second-order valence-corrected chi connectivity index (χ2v) is 7.93. The number of nitrogens with two attached hydrogens (primary N) is 1. The third kappa shape index (κ3) is 5.46. The third-order valence-electron chi connectivity index (χ3n) is 4.06. The fraction of sp³-hybridized carbons (Fsp3) is 0.450. The molecule has 1 amide bonds. The highest BCUT2D eigenvalue weighted by molar-refractivity contribution is 7.10. The van der Waals surface area contributed by atoms with E-state index in [1.165, 1.54) is 16.0 Å². The number of thiophene rings is 1. The zero-order chi connectivity index (χ0) is 17.5. The van der Waals surface area contributed by atoms with E-state index in [1.54, 1.807) is 11.3 Å². The van der Waals surface area contributed by atoms with Crippen molar-refractivity contribution in [2.24, 2.45) is 5.92 Å². The Morgan fingerprint density at radius 1 is 1.08 bits per heavy atom. The van der Waals surface area contributed by atoms with E-state index in [1.807, 2.05) is 0 Å². The van der Waals surface area contributed by atoms with Crippen molar-refractivity contribution in [2.75, 3.05) is 13.1 Å². The number of carbonyl (C=O) groups excluding carboxylic acids is 1.